The number of piperidine rings is 2. The first kappa shape index (κ1) is 24.1. The molecule has 2 amide bonds. The summed E-state index contributed by atoms with van der Waals surface area (Å²) in [6.45, 7) is 5.00. The Balaban J connectivity index is 1.03. The van der Waals surface area contributed by atoms with E-state index in [0.717, 1.165) is 89.7 Å². The fourth-order valence-corrected chi connectivity index (χ4v) is 8.16. The Morgan fingerprint density at radius 3 is 2.36 bits per heavy atom. The number of anilines is 1. The van der Waals surface area contributed by atoms with E-state index in [1.54, 1.807) is 6.92 Å². The molecule has 36 heavy (non-hydrogen) atoms. The molecular weight excluding hydrogens is 454 g/mol. The number of nitrogens with zero attached hydrogens (tertiary/aromatic N) is 2. The van der Waals surface area contributed by atoms with E-state index in [1.807, 2.05) is 4.90 Å². The molecular formula is C29H41N3O4. The highest BCUT2D eigenvalue weighted by molar-refractivity contribution is 5.83. The molecule has 196 valence electrons. The molecule has 1 aromatic rings. The largest absolute Gasteiger partial charge is 0.490 e. The highest BCUT2D eigenvalue weighted by Gasteiger charge is 2.58. The molecule has 7 nitrogen and oxygen atoms in total. The number of likely N-dealkylation sites (tertiary alicyclic amines) is 1. The van der Waals surface area contributed by atoms with Crippen LogP contribution in [0.25, 0.3) is 0 Å². The highest BCUT2D eigenvalue weighted by atomic mass is 16.5. The normalized spacial score (nSPS) is 36.1. The lowest BCUT2D eigenvalue weighted by Gasteiger charge is -2.58. The van der Waals surface area contributed by atoms with E-state index in [2.05, 4.69) is 34.5 Å². The van der Waals surface area contributed by atoms with E-state index in [1.165, 1.54) is 5.69 Å². The van der Waals surface area contributed by atoms with Crippen molar-refractivity contribution in [3.63, 3.8) is 0 Å². The van der Waals surface area contributed by atoms with Gasteiger partial charge in [-0.1, -0.05) is 0 Å². The molecule has 0 spiro atoms. The Morgan fingerprint density at radius 2 is 1.69 bits per heavy atom. The SMILES string of the molecule is CC(=O)N1CCC(Oc2ccc(N3CCCC(NC(=O)C45CC6CC(C4)C(O)C(C6)C5)C3)cc2)CC1. The molecule has 2 saturated heterocycles. The van der Waals surface area contributed by atoms with Crippen LogP contribution < -0.4 is 15.0 Å². The predicted octanol–water partition coefficient (Wildman–Crippen LogP) is 3.35. The molecule has 2 heterocycles. The predicted molar refractivity (Wildman–Crippen MR) is 138 cm³/mol. The number of carbonyl (C=O) groups excluding carboxylic acids is 2. The first-order valence-electron chi connectivity index (χ1n) is 14.1. The number of aliphatic hydroxyl groups excluding tert-OH is 1. The van der Waals surface area contributed by atoms with Crippen molar-refractivity contribution in [3.8, 4) is 5.75 Å². The van der Waals surface area contributed by atoms with Crippen molar-refractivity contribution >= 4 is 17.5 Å². The Labute approximate surface area is 214 Å². The zero-order valence-electron chi connectivity index (χ0n) is 21.5. The Morgan fingerprint density at radius 1 is 1.00 bits per heavy atom. The molecule has 7 heteroatoms. The number of hydrogen-bond acceptors (Lipinski definition) is 5. The van der Waals surface area contributed by atoms with Gasteiger partial charge in [0.1, 0.15) is 11.9 Å². The summed E-state index contributed by atoms with van der Waals surface area (Å²) in [5, 5.41) is 14.0. The third kappa shape index (κ3) is 4.59. The monoisotopic (exact) mass is 495 g/mol. The summed E-state index contributed by atoms with van der Waals surface area (Å²) in [4.78, 5) is 29.4. The number of nitrogens with one attached hydrogen (secondary N) is 1. The molecule has 0 radical (unpaired) electrons. The van der Waals surface area contributed by atoms with Crippen molar-refractivity contribution in [2.75, 3.05) is 31.1 Å². The van der Waals surface area contributed by atoms with Gasteiger partial charge in [0.2, 0.25) is 11.8 Å². The summed E-state index contributed by atoms with van der Waals surface area (Å²) in [5.41, 5.74) is 0.933. The van der Waals surface area contributed by atoms with Crippen LogP contribution in [0.3, 0.4) is 0 Å². The molecule has 0 aromatic heterocycles. The van der Waals surface area contributed by atoms with Crippen molar-refractivity contribution in [2.24, 2.45) is 23.2 Å². The van der Waals surface area contributed by atoms with Crippen molar-refractivity contribution in [2.45, 2.75) is 83.0 Å². The molecule has 2 aliphatic heterocycles. The average Bonchev–Trinajstić information content (AvgIpc) is 2.87. The van der Waals surface area contributed by atoms with Crippen LogP contribution >= 0.6 is 0 Å². The summed E-state index contributed by atoms with van der Waals surface area (Å²) in [6.07, 6.45) is 8.80. The number of rotatable bonds is 5. The van der Waals surface area contributed by atoms with Crippen LogP contribution in [0.4, 0.5) is 5.69 Å². The quantitative estimate of drug-likeness (QED) is 0.655. The smallest absolute Gasteiger partial charge is 0.226 e. The maximum atomic E-state index is 13.6. The van der Waals surface area contributed by atoms with E-state index < -0.39 is 0 Å². The number of ether oxygens (including phenoxy) is 1. The van der Waals surface area contributed by atoms with Crippen molar-refractivity contribution in [1.82, 2.24) is 10.2 Å². The molecule has 3 unspecified atom stereocenters. The average molecular weight is 496 g/mol. The first-order chi connectivity index (χ1) is 17.4. The molecule has 2 N–H and O–H groups in total. The summed E-state index contributed by atoms with van der Waals surface area (Å²) in [6, 6.07) is 8.53. The standard InChI is InChI=1S/C29H41N3O4/c1-19(33)31-11-8-26(9-12-31)36-25-6-4-24(5-7-25)32-10-2-3-23(18-32)30-28(35)29-15-20-13-21(16-29)27(34)22(14-20)17-29/h4-7,20-23,26-27,34H,2-3,8-18H2,1H3,(H,30,35). The Hall–Kier alpha value is -2.28. The lowest BCUT2D eigenvalue weighted by molar-refractivity contribution is -0.163. The van der Waals surface area contributed by atoms with Gasteiger partial charge in [-0.25, -0.2) is 0 Å². The number of carbonyl (C=O) groups is 2. The number of hydrogen-bond donors (Lipinski definition) is 2. The topological polar surface area (TPSA) is 82.1 Å². The maximum absolute atomic E-state index is 13.6. The van der Waals surface area contributed by atoms with Crippen molar-refractivity contribution < 1.29 is 19.4 Å². The minimum atomic E-state index is -0.239. The minimum Gasteiger partial charge on any atom is -0.490 e. The highest BCUT2D eigenvalue weighted by Crippen LogP contribution is 2.60. The van der Waals surface area contributed by atoms with Gasteiger partial charge in [-0.05, 0) is 87.0 Å². The summed E-state index contributed by atoms with van der Waals surface area (Å²) < 4.78 is 6.19. The van der Waals surface area contributed by atoms with E-state index >= 15 is 0 Å². The number of benzene rings is 1. The lowest BCUT2D eigenvalue weighted by Crippen LogP contribution is -2.60. The molecule has 1 aromatic carbocycles. The van der Waals surface area contributed by atoms with E-state index in [0.29, 0.717) is 17.8 Å². The van der Waals surface area contributed by atoms with E-state index in [-0.39, 0.29) is 35.5 Å². The van der Waals surface area contributed by atoms with E-state index in [4.69, 9.17) is 4.74 Å². The lowest BCUT2D eigenvalue weighted by atomic mass is 9.48. The van der Waals surface area contributed by atoms with Crippen LogP contribution in [0, 0.1) is 23.2 Å². The van der Waals surface area contributed by atoms with Crippen LogP contribution in [-0.2, 0) is 9.59 Å². The van der Waals surface area contributed by atoms with Gasteiger partial charge >= 0.3 is 0 Å². The summed E-state index contributed by atoms with van der Waals surface area (Å²) in [7, 11) is 0. The van der Waals surface area contributed by atoms with E-state index in [9.17, 15) is 14.7 Å². The van der Waals surface area contributed by atoms with Gasteiger partial charge in [0.25, 0.3) is 0 Å². The zero-order valence-corrected chi connectivity index (χ0v) is 21.5. The van der Waals surface area contributed by atoms with Gasteiger partial charge < -0.3 is 25.0 Å². The molecule has 4 bridgehead atoms. The van der Waals surface area contributed by atoms with Crippen LogP contribution in [-0.4, -0.2) is 66.2 Å². The van der Waals surface area contributed by atoms with Gasteiger partial charge in [0.15, 0.2) is 0 Å². The zero-order chi connectivity index (χ0) is 24.9. The van der Waals surface area contributed by atoms with Crippen LogP contribution in [0.5, 0.6) is 5.75 Å². The molecule has 3 atom stereocenters. The van der Waals surface area contributed by atoms with Crippen molar-refractivity contribution in [3.05, 3.63) is 24.3 Å². The minimum absolute atomic E-state index is 0.144. The fourth-order valence-electron chi connectivity index (χ4n) is 8.16. The van der Waals surface area contributed by atoms with Gasteiger partial charge in [-0.2, -0.15) is 0 Å². The van der Waals surface area contributed by atoms with Crippen LogP contribution in [0.2, 0.25) is 0 Å². The van der Waals surface area contributed by atoms with Gasteiger partial charge in [0.05, 0.1) is 11.5 Å². The number of amides is 2. The number of aliphatic hydroxyl groups is 1. The first-order valence-corrected chi connectivity index (χ1v) is 14.1. The van der Waals surface area contributed by atoms with Crippen LogP contribution in [0.1, 0.15) is 64.7 Å². The third-order valence-electron chi connectivity index (χ3n) is 9.85. The molecule has 6 fully saturated rings. The fraction of sp³-hybridized carbons (Fsp3) is 0.724. The summed E-state index contributed by atoms with van der Waals surface area (Å²) in [5.74, 6) is 2.55. The molecule has 4 aliphatic carbocycles. The van der Waals surface area contributed by atoms with Gasteiger partial charge in [-0.15, -0.1) is 0 Å². The molecule has 6 aliphatic rings. The maximum Gasteiger partial charge on any atom is 0.226 e. The van der Waals surface area contributed by atoms with Gasteiger partial charge in [-0.3, -0.25) is 9.59 Å². The van der Waals surface area contributed by atoms with Crippen LogP contribution in [0.15, 0.2) is 24.3 Å². The third-order valence-corrected chi connectivity index (χ3v) is 9.85. The van der Waals surface area contributed by atoms with Crippen molar-refractivity contribution in [1.29, 1.82) is 0 Å². The Kier molecular flexibility index (Phi) is 6.39. The summed E-state index contributed by atoms with van der Waals surface area (Å²) >= 11 is 0. The second-order valence-corrected chi connectivity index (χ2v) is 12.3. The Bertz CT molecular complexity index is 957. The second-order valence-electron chi connectivity index (χ2n) is 12.3. The second kappa shape index (κ2) is 9.55. The molecule has 7 rings (SSSR count). The van der Waals surface area contributed by atoms with Gasteiger partial charge in [0, 0.05) is 57.7 Å². The molecule has 4 saturated carbocycles.